The van der Waals surface area contributed by atoms with Crippen molar-refractivity contribution >= 4 is 5.91 Å². The van der Waals surface area contributed by atoms with Crippen LogP contribution in [-0.4, -0.2) is 30.8 Å². The van der Waals surface area contributed by atoms with Crippen LogP contribution >= 0.6 is 0 Å². The van der Waals surface area contributed by atoms with Crippen LogP contribution in [0.25, 0.3) is 0 Å². The number of hydrogen-bond donors (Lipinski definition) is 2. The first-order chi connectivity index (χ1) is 9.15. The summed E-state index contributed by atoms with van der Waals surface area (Å²) in [5, 5.41) is 12.6. The van der Waals surface area contributed by atoms with Crippen molar-refractivity contribution in [3.8, 4) is 0 Å². The second-order valence-electron chi connectivity index (χ2n) is 5.26. The van der Waals surface area contributed by atoms with Crippen molar-refractivity contribution in [1.29, 1.82) is 0 Å². The van der Waals surface area contributed by atoms with Crippen LogP contribution in [0.4, 0.5) is 0 Å². The molecule has 1 aliphatic rings. The number of aliphatic hydroxyl groups excluding tert-OH is 1. The van der Waals surface area contributed by atoms with Crippen LogP contribution in [-0.2, 0) is 15.1 Å². The molecular formula is C15H21NO3. The standard InChI is InChI=1S/C15H21NO3/c1-15(11-17,13-7-3-2-4-8-13)16-14(18)12-6-5-9-19-10-12/h2-4,7-8,12,17H,5-6,9-11H2,1H3,(H,16,18). The molecule has 4 nitrogen and oxygen atoms in total. The molecule has 1 saturated heterocycles. The van der Waals surface area contributed by atoms with Crippen LogP contribution in [0, 0.1) is 5.92 Å². The average molecular weight is 263 g/mol. The summed E-state index contributed by atoms with van der Waals surface area (Å²) >= 11 is 0. The predicted octanol–water partition coefficient (Wildman–Crippen LogP) is 1.44. The Morgan fingerprint density at radius 1 is 1.47 bits per heavy atom. The van der Waals surface area contributed by atoms with Crippen molar-refractivity contribution in [3.63, 3.8) is 0 Å². The lowest BCUT2D eigenvalue weighted by molar-refractivity contribution is -0.131. The first kappa shape index (κ1) is 14.0. The van der Waals surface area contributed by atoms with Crippen molar-refractivity contribution in [2.24, 2.45) is 5.92 Å². The molecule has 4 heteroatoms. The zero-order valence-electron chi connectivity index (χ0n) is 11.3. The van der Waals surface area contributed by atoms with Gasteiger partial charge in [0.05, 0.1) is 24.7 Å². The fourth-order valence-corrected chi connectivity index (χ4v) is 2.33. The molecule has 1 fully saturated rings. The summed E-state index contributed by atoms with van der Waals surface area (Å²) in [6, 6.07) is 9.54. The number of benzene rings is 1. The molecule has 0 saturated carbocycles. The minimum absolute atomic E-state index is 0.0416. The molecule has 2 rings (SSSR count). The fourth-order valence-electron chi connectivity index (χ4n) is 2.33. The maximum absolute atomic E-state index is 12.2. The van der Waals surface area contributed by atoms with E-state index in [1.165, 1.54) is 0 Å². The summed E-state index contributed by atoms with van der Waals surface area (Å²) in [6.45, 7) is 2.92. The first-order valence-corrected chi connectivity index (χ1v) is 6.72. The zero-order valence-corrected chi connectivity index (χ0v) is 11.3. The van der Waals surface area contributed by atoms with Crippen LogP contribution < -0.4 is 5.32 Å². The number of hydrogen-bond acceptors (Lipinski definition) is 3. The third-order valence-corrected chi connectivity index (χ3v) is 3.66. The Balaban J connectivity index is 2.07. The van der Waals surface area contributed by atoms with Gasteiger partial charge in [-0.15, -0.1) is 0 Å². The topological polar surface area (TPSA) is 58.6 Å². The van der Waals surface area contributed by atoms with Crippen LogP contribution in [0.1, 0.15) is 25.3 Å². The fraction of sp³-hybridized carbons (Fsp3) is 0.533. The Morgan fingerprint density at radius 3 is 2.79 bits per heavy atom. The molecule has 0 aromatic heterocycles. The van der Waals surface area contributed by atoms with Gasteiger partial charge in [-0.1, -0.05) is 30.3 Å². The van der Waals surface area contributed by atoms with Gasteiger partial charge in [-0.25, -0.2) is 0 Å². The minimum atomic E-state index is -0.740. The van der Waals surface area contributed by atoms with E-state index in [2.05, 4.69) is 5.32 Å². The summed E-state index contributed by atoms with van der Waals surface area (Å²) in [4.78, 5) is 12.2. The Kier molecular flexibility index (Phi) is 4.56. The largest absolute Gasteiger partial charge is 0.394 e. The van der Waals surface area contributed by atoms with Gasteiger partial charge in [-0.05, 0) is 25.3 Å². The molecule has 104 valence electrons. The van der Waals surface area contributed by atoms with Gasteiger partial charge in [0.1, 0.15) is 0 Å². The SMILES string of the molecule is CC(CO)(NC(=O)C1CCCOC1)c1ccccc1. The van der Waals surface area contributed by atoms with Crippen LogP contribution in [0.15, 0.2) is 30.3 Å². The van der Waals surface area contributed by atoms with Gasteiger partial charge in [-0.3, -0.25) is 4.79 Å². The average Bonchev–Trinajstić information content (AvgIpc) is 2.49. The second-order valence-corrected chi connectivity index (χ2v) is 5.26. The molecule has 1 aliphatic heterocycles. The molecule has 1 amide bonds. The Bertz CT molecular complexity index is 415. The third-order valence-electron chi connectivity index (χ3n) is 3.66. The van der Waals surface area contributed by atoms with E-state index in [1.807, 2.05) is 37.3 Å². The van der Waals surface area contributed by atoms with E-state index in [9.17, 15) is 9.90 Å². The summed E-state index contributed by atoms with van der Waals surface area (Å²) in [5.74, 6) is -0.150. The molecule has 0 radical (unpaired) electrons. The van der Waals surface area contributed by atoms with E-state index in [4.69, 9.17) is 4.74 Å². The molecule has 0 aliphatic carbocycles. The normalized spacial score (nSPS) is 22.5. The van der Waals surface area contributed by atoms with Gasteiger partial charge >= 0.3 is 0 Å². The maximum atomic E-state index is 12.2. The van der Waals surface area contributed by atoms with Gasteiger partial charge in [-0.2, -0.15) is 0 Å². The molecule has 0 spiro atoms. The van der Waals surface area contributed by atoms with Crippen molar-refractivity contribution in [2.75, 3.05) is 19.8 Å². The molecule has 2 atom stereocenters. The van der Waals surface area contributed by atoms with Gasteiger partial charge in [0.15, 0.2) is 0 Å². The van der Waals surface area contributed by atoms with Crippen molar-refractivity contribution < 1.29 is 14.6 Å². The highest BCUT2D eigenvalue weighted by molar-refractivity contribution is 5.79. The van der Waals surface area contributed by atoms with E-state index in [-0.39, 0.29) is 18.4 Å². The van der Waals surface area contributed by atoms with Crippen molar-refractivity contribution in [3.05, 3.63) is 35.9 Å². The van der Waals surface area contributed by atoms with Gasteiger partial charge in [0, 0.05) is 6.61 Å². The van der Waals surface area contributed by atoms with E-state index in [0.29, 0.717) is 6.61 Å². The number of aliphatic hydroxyl groups is 1. The second kappa shape index (κ2) is 6.17. The Hall–Kier alpha value is -1.39. The predicted molar refractivity (Wildman–Crippen MR) is 72.6 cm³/mol. The summed E-state index contributed by atoms with van der Waals surface area (Å²) in [5.41, 5.74) is 0.165. The minimum Gasteiger partial charge on any atom is -0.394 e. The molecular weight excluding hydrogens is 242 g/mol. The first-order valence-electron chi connectivity index (χ1n) is 6.72. The van der Waals surface area contributed by atoms with E-state index in [1.54, 1.807) is 0 Å². The smallest absolute Gasteiger partial charge is 0.226 e. The van der Waals surface area contributed by atoms with Crippen molar-refractivity contribution in [1.82, 2.24) is 5.32 Å². The molecule has 1 heterocycles. The number of rotatable bonds is 4. The number of amides is 1. The van der Waals surface area contributed by atoms with E-state index in [0.717, 1.165) is 25.0 Å². The summed E-state index contributed by atoms with van der Waals surface area (Å²) in [6.07, 6.45) is 1.77. The lowest BCUT2D eigenvalue weighted by Crippen LogP contribution is -2.49. The molecule has 1 aromatic rings. The van der Waals surface area contributed by atoms with Gasteiger partial charge < -0.3 is 15.2 Å². The lowest BCUT2D eigenvalue weighted by atomic mass is 9.91. The highest BCUT2D eigenvalue weighted by Crippen LogP contribution is 2.22. The van der Waals surface area contributed by atoms with Gasteiger partial charge in [0.25, 0.3) is 0 Å². The van der Waals surface area contributed by atoms with Crippen LogP contribution in [0.3, 0.4) is 0 Å². The monoisotopic (exact) mass is 263 g/mol. The van der Waals surface area contributed by atoms with Gasteiger partial charge in [0.2, 0.25) is 5.91 Å². The highest BCUT2D eigenvalue weighted by atomic mass is 16.5. The third kappa shape index (κ3) is 3.33. The Labute approximate surface area is 113 Å². The van der Waals surface area contributed by atoms with Crippen LogP contribution in [0.5, 0.6) is 0 Å². The molecule has 2 N–H and O–H groups in total. The van der Waals surface area contributed by atoms with E-state index < -0.39 is 5.54 Å². The summed E-state index contributed by atoms with van der Waals surface area (Å²) in [7, 11) is 0. The lowest BCUT2D eigenvalue weighted by Gasteiger charge is -2.32. The molecule has 0 bridgehead atoms. The number of ether oxygens (including phenoxy) is 1. The maximum Gasteiger partial charge on any atom is 0.226 e. The summed E-state index contributed by atoms with van der Waals surface area (Å²) < 4.78 is 5.33. The number of carbonyl (C=O) groups excluding carboxylic acids is 1. The number of carbonyl (C=O) groups is 1. The molecule has 1 aromatic carbocycles. The molecule has 19 heavy (non-hydrogen) atoms. The Morgan fingerprint density at radius 2 is 2.21 bits per heavy atom. The highest BCUT2D eigenvalue weighted by Gasteiger charge is 2.31. The zero-order chi connectivity index (χ0) is 13.7. The van der Waals surface area contributed by atoms with Crippen LogP contribution in [0.2, 0.25) is 0 Å². The number of nitrogens with one attached hydrogen (secondary N) is 1. The molecule has 2 unspecified atom stereocenters. The van der Waals surface area contributed by atoms with E-state index >= 15 is 0 Å². The quantitative estimate of drug-likeness (QED) is 0.864. The van der Waals surface area contributed by atoms with Crippen molar-refractivity contribution in [2.45, 2.75) is 25.3 Å².